The molecule has 1 fully saturated rings. The van der Waals surface area contributed by atoms with Crippen LogP contribution < -0.4 is 0 Å². The summed E-state index contributed by atoms with van der Waals surface area (Å²) in [5.41, 5.74) is 0. The van der Waals surface area contributed by atoms with Gasteiger partial charge in [0.15, 0.2) is 0 Å². The minimum Gasteiger partial charge on any atom is -0.390 e. The highest BCUT2D eigenvalue weighted by atomic mass is 35.5. The fraction of sp³-hybridized carbons (Fsp3) is 1.00. The third-order valence-electron chi connectivity index (χ3n) is 1.04. The summed E-state index contributed by atoms with van der Waals surface area (Å²) in [4.78, 5) is 2.07. The van der Waals surface area contributed by atoms with E-state index < -0.39 is 0 Å². The number of hydrogen-bond donors (Lipinski definition) is 1. The second kappa shape index (κ2) is 2.50. The number of halogens is 1. The van der Waals surface area contributed by atoms with Gasteiger partial charge in [-0.05, 0) is 7.05 Å². The van der Waals surface area contributed by atoms with Crippen LogP contribution in [0.5, 0.6) is 0 Å². The summed E-state index contributed by atoms with van der Waals surface area (Å²) in [6.45, 7) is 1.72. The molecule has 1 aliphatic rings. The van der Waals surface area contributed by atoms with Crippen LogP contribution in [0.25, 0.3) is 0 Å². The summed E-state index contributed by atoms with van der Waals surface area (Å²) in [5.74, 6) is 0. The second-order valence-corrected chi connectivity index (χ2v) is 1.88. The van der Waals surface area contributed by atoms with E-state index in [0.29, 0.717) is 0 Å². The molecule has 0 radical (unpaired) electrons. The van der Waals surface area contributed by atoms with Crippen molar-refractivity contribution in [3.05, 3.63) is 0 Å². The van der Waals surface area contributed by atoms with Gasteiger partial charge in [0.1, 0.15) is 0 Å². The average Bonchev–Trinajstić information content (AvgIpc) is 1.33. The van der Waals surface area contributed by atoms with E-state index in [-0.39, 0.29) is 18.5 Å². The number of likely N-dealkylation sites (N-methyl/N-ethyl adjacent to an activating group) is 1. The SMILES string of the molecule is CN1CC(O)C1.Cl. The third kappa shape index (κ3) is 1.63. The summed E-state index contributed by atoms with van der Waals surface area (Å²) in [6, 6.07) is 0. The Bertz CT molecular complexity index is 47.7. The quantitative estimate of drug-likeness (QED) is 0.479. The molecule has 3 heteroatoms. The molecule has 0 bridgehead atoms. The Hall–Kier alpha value is 0.210. The van der Waals surface area contributed by atoms with Crippen molar-refractivity contribution in [2.75, 3.05) is 20.1 Å². The van der Waals surface area contributed by atoms with Gasteiger partial charge in [0.05, 0.1) is 6.10 Å². The minimum absolute atomic E-state index is 0. The highest BCUT2D eigenvalue weighted by molar-refractivity contribution is 5.85. The van der Waals surface area contributed by atoms with E-state index in [0.717, 1.165) is 13.1 Å². The van der Waals surface area contributed by atoms with Crippen molar-refractivity contribution < 1.29 is 5.11 Å². The molecular formula is C4H10ClNO. The van der Waals surface area contributed by atoms with E-state index >= 15 is 0 Å². The van der Waals surface area contributed by atoms with Crippen LogP contribution >= 0.6 is 12.4 Å². The number of nitrogens with zero attached hydrogens (tertiary/aromatic N) is 1. The fourth-order valence-electron chi connectivity index (χ4n) is 0.666. The number of likely N-dealkylation sites (tertiary alicyclic amines) is 1. The van der Waals surface area contributed by atoms with E-state index in [1.807, 2.05) is 7.05 Å². The molecule has 1 saturated heterocycles. The Balaban J connectivity index is 0.000000360. The maximum absolute atomic E-state index is 8.58. The van der Waals surface area contributed by atoms with Crippen molar-refractivity contribution in [2.45, 2.75) is 6.10 Å². The van der Waals surface area contributed by atoms with Crippen LogP contribution in [0, 0.1) is 0 Å². The standard InChI is InChI=1S/C4H9NO.ClH/c1-5-2-4(6)3-5;/h4,6H,2-3H2,1H3;1H. The molecule has 44 valence electrons. The van der Waals surface area contributed by atoms with Gasteiger partial charge in [0.25, 0.3) is 0 Å². The maximum Gasteiger partial charge on any atom is 0.0793 e. The van der Waals surface area contributed by atoms with Crippen LogP contribution in [0.4, 0.5) is 0 Å². The zero-order valence-electron chi connectivity index (χ0n) is 4.29. The Kier molecular flexibility index (Phi) is 2.58. The summed E-state index contributed by atoms with van der Waals surface area (Å²) < 4.78 is 0. The van der Waals surface area contributed by atoms with Crippen molar-refractivity contribution in [2.24, 2.45) is 0 Å². The first-order valence-corrected chi connectivity index (χ1v) is 2.15. The maximum atomic E-state index is 8.58. The molecule has 2 nitrogen and oxygen atoms in total. The molecule has 1 rings (SSSR count). The van der Waals surface area contributed by atoms with Crippen molar-refractivity contribution >= 4 is 12.4 Å². The molecule has 0 amide bonds. The lowest BCUT2D eigenvalue weighted by molar-refractivity contribution is 0.0196. The highest BCUT2D eigenvalue weighted by Gasteiger charge is 2.18. The molecule has 1 aliphatic heterocycles. The van der Waals surface area contributed by atoms with Crippen molar-refractivity contribution in [1.29, 1.82) is 0 Å². The van der Waals surface area contributed by atoms with Crippen LogP contribution in [0.3, 0.4) is 0 Å². The third-order valence-corrected chi connectivity index (χ3v) is 1.04. The number of aliphatic hydroxyl groups is 1. The lowest BCUT2D eigenvalue weighted by Gasteiger charge is -2.31. The van der Waals surface area contributed by atoms with Gasteiger partial charge in [-0.25, -0.2) is 0 Å². The molecular weight excluding hydrogens is 114 g/mol. The van der Waals surface area contributed by atoms with Gasteiger partial charge < -0.3 is 10.0 Å². The Morgan fingerprint density at radius 3 is 2.00 bits per heavy atom. The Labute approximate surface area is 49.5 Å². The number of hydrogen-bond acceptors (Lipinski definition) is 2. The van der Waals surface area contributed by atoms with Gasteiger partial charge in [-0.3, -0.25) is 0 Å². The fourth-order valence-corrected chi connectivity index (χ4v) is 0.666. The number of rotatable bonds is 0. The van der Waals surface area contributed by atoms with Crippen LogP contribution in [0.2, 0.25) is 0 Å². The first-order chi connectivity index (χ1) is 2.79. The largest absolute Gasteiger partial charge is 0.390 e. The van der Waals surface area contributed by atoms with E-state index in [1.54, 1.807) is 0 Å². The summed E-state index contributed by atoms with van der Waals surface area (Å²) in [6.07, 6.45) is -0.0324. The molecule has 0 aromatic rings. The molecule has 0 saturated carbocycles. The normalized spacial score (nSPS) is 23.1. The van der Waals surface area contributed by atoms with Gasteiger partial charge in [0.2, 0.25) is 0 Å². The van der Waals surface area contributed by atoms with Gasteiger partial charge in [0, 0.05) is 13.1 Å². The molecule has 0 aliphatic carbocycles. The van der Waals surface area contributed by atoms with E-state index in [4.69, 9.17) is 5.11 Å². The predicted octanol–water partition coefficient (Wildman–Crippen LogP) is -0.285. The van der Waals surface area contributed by atoms with Crippen molar-refractivity contribution in [3.8, 4) is 0 Å². The van der Waals surface area contributed by atoms with Crippen LogP contribution in [-0.4, -0.2) is 36.2 Å². The van der Waals surface area contributed by atoms with Gasteiger partial charge >= 0.3 is 0 Å². The molecule has 0 atom stereocenters. The second-order valence-electron chi connectivity index (χ2n) is 1.88. The summed E-state index contributed by atoms with van der Waals surface area (Å²) in [7, 11) is 1.99. The molecule has 0 spiro atoms. The molecule has 0 aromatic heterocycles. The zero-order chi connectivity index (χ0) is 4.57. The average molecular weight is 124 g/mol. The van der Waals surface area contributed by atoms with Crippen molar-refractivity contribution in [1.82, 2.24) is 4.90 Å². The monoisotopic (exact) mass is 123 g/mol. The lowest BCUT2D eigenvalue weighted by atomic mass is 10.2. The topological polar surface area (TPSA) is 23.5 Å². The molecule has 1 heterocycles. The molecule has 7 heavy (non-hydrogen) atoms. The Morgan fingerprint density at radius 1 is 1.57 bits per heavy atom. The van der Waals surface area contributed by atoms with Crippen LogP contribution in [-0.2, 0) is 0 Å². The smallest absolute Gasteiger partial charge is 0.0793 e. The molecule has 0 aromatic carbocycles. The predicted molar refractivity (Wildman–Crippen MR) is 30.8 cm³/mol. The highest BCUT2D eigenvalue weighted by Crippen LogP contribution is 2.00. The van der Waals surface area contributed by atoms with Gasteiger partial charge in [-0.2, -0.15) is 0 Å². The van der Waals surface area contributed by atoms with E-state index in [1.165, 1.54) is 0 Å². The lowest BCUT2D eigenvalue weighted by Crippen LogP contribution is -2.47. The van der Waals surface area contributed by atoms with Crippen LogP contribution in [0.15, 0.2) is 0 Å². The minimum atomic E-state index is -0.0324. The number of β-amino-alcohol motifs (C(OH)–C–C–N with tert-alkyl or cyclic N) is 1. The Morgan fingerprint density at radius 2 is 2.00 bits per heavy atom. The number of aliphatic hydroxyl groups excluding tert-OH is 1. The first kappa shape index (κ1) is 7.21. The zero-order valence-corrected chi connectivity index (χ0v) is 5.11. The molecule has 1 N–H and O–H groups in total. The van der Waals surface area contributed by atoms with E-state index in [2.05, 4.69) is 4.90 Å². The molecule has 0 unspecified atom stereocenters. The van der Waals surface area contributed by atoms with E-state index in [9.17, 15) is 0 Å². The van der Waals surface area contributed by atoms with Crippen molar-refractivity contribution in [3.63, 3.8) is 0 Å². The summed E-state index contributed by atoms with van der Waals surface area (Å²) >= 11 is 0. The van der Waals surface area contributed by atoms with Crippen LogP contribution in [0.1, 0.15) is 0 Å². The first-order valence-electron chi connectivity index (χ1n) is 2.15. The van der Waals surface area contributed by atoms with Gasteiger partial charge in [-0.15, -0.1) is 12.4 Å². The van der Waals surface area contributed by atoms with Gasteiger partial charge in [-0.1, -0.05) is 0 Å². The summed E-state index contributed by atoms with van der Waals surface area (Å²) in [5, 5.41) is 8.58.